The lowest BCUT2D eigenvalue weighted by Crippen LogP contribution is -2.38. The van der Waals surface area contributed by atoms with Crippen LogP contribution in [0, 0.1) is 5.92 Å². The Morgan fingerprint density at radius 2 is 2.14 bits per heavy atom. The summed E-state index contributed by atoms with van der Waals surface area (Å²) >= 11 is 0. The number of nitrogens with zero attached hydrogens (tertiary/aromatic N) is 1. The molecule has 1 unspecified atom stereocenters. The van der Waals surface area contributed by atoms with E-state index in [-0.39, 0.29) is 5.92 Å². The molecule has 0 aromatic heterocycles. The summed E-state index contributed by atoms with van der Waals surface area (Å²) < 4.78 is 0. The van der Waals surface area contributed by atoms with E-state index in [0.717, 1.165) is 26.1 Å². The Bertz CT molecular complexity index is 228. The Morgan fingerprint density at radius 1 is 1.43 bits per heavy atom. The SMILES string of the molecule is CC(=O)C1CCCN(CC=C(C)C)C1. The van der Waals surface area contributed by atoms with Crippen LogP contribution in [-0.2, 0) is 4.79 Å². The standard InChI is InChI=1S/C12H21NO/c1-10(2)6-8-13-7-4-5-12(9-13)11(3)14/h6,12H,4-5,7-9H2,1-3H3. The summed E-state index contributed by atoms with van der Waals surface area (Å²) in [5.74, 6) is 0.640. The number of piperidine rings is 1. The van der Waals surface area contributed by atoms with Crippen molar-refractivity contribution in [3.05, 3.63) is 11.6 Å². The zero-order chi connectivity index (χ0) is 10.6. The van der Waals surface area contributed by atoms with Crippen molar-refractivity contribution in [2.24, 2.45) is 5.92 Å². The van der Waals surface area contributed by atoms with Crippen LogP contribution in [-0.4, -0.2) is 30.3 Å². The fraction of sp³-hybridized carbons (Fsp3) is 0.750. The molecule has 0 bridgehead atoms. The maximum Gasteiger partial charge on any atom is 0.134 e. The number of carbonyl (C=O) groups is 1. The summed E-state index contributed by atoms with van der Waals surface area (Å²) in [6.07, 6.45) is 4.49. The summed E-state index contributed by atoms with van der Waals surface area (Å²) in [7, 11) is 0. The Hall–Kier alpha value is -0.630. The quantitative estimate of drug-likeness (QED) is 0.644. The van der Waals surface area contributed by atoms with Gasteiger partial charge in [-0.15, -0.1) is 0 Å². The molecule has 80 valence electrons. The minimum Gasteiger partial charge on any atom is -0.300 e. The minimum absolute atomic E-state index is 0.286. The van der Waals surface area contributed by atoms with E-state index in [2.05, 4.69) is 24.8 Å². The number of hydrogen-bond acceptors (Lipinski definition) is 2. The van der Waals surface area contributed by atoms with Gasteiger partial charge < -0.3 is 0 Å². The highest BCUT2D eigenvalue weighted by Crippen LogP contribution is 2.17. The zero-order valence-electron chi connectivity index (χ0n) is 9.55. The van der Waals surface area contributed by atoms with E-state index >= 15 is 0 Å². The van der Waals surface area contributed by atoms with Crippen LogP contribution in [0.3, 0.4) is 0 Å². The molecule has 14 heavy (non-hydrogen) atoms. The second kappa shape index (κ2) is 5.30. The van der Waals surface area contributed by atoms with Crippen molar-refractivity contribution in [3.63, 3.8) is 0 Å². The van der Waals surface area contributed by atoms with Crippen LogP contribution in [0.15, 0.2) is 11.6 Å². The Labute approximate surface area is 87.0 Å². The van der Waals surface area contributed by atoms with E-state index in [1.54, 1.807) is 6.92 Å². The molecular formula is C12H21NO. The molecular weight excluding hydrogens is 174 g/mol. The Kier molecular flexibility index (Phi) is 4.33. The Balaban J connectivity index is 2.40. The average Bonchev–Trinajstić information content (AvgIpc) is 2.15. The van der Waals surface area contributed by atoms with Gasteiger partial charge in [0.25, 0.3) is 0 Å². The number of Topliss-reactive ketones (excluding diaryl/α,β-unsaturated/α-hetero) is 1. The summed E-state index contributed by atoms with van der Waals surface area (Å²) in [5.41, 5.74) is 1.36. The van der Waals surface area contributed by atoms with E-state index in [9.17, 15) is 4.79 Å². The summed E-state index contributed by atoms with van der Waals surface area (Å²) in [5, 5.41) is 0. The van der Waals surface area contributed by atoms with Crippen LogP contribution in [0.5, 0.6) is 0 Å². The van der Waals surface area contributed by atoms with Crippen LogP contribution < -0.4 is 0 Å². The van der Waals surface area contributed by atoms with Crippen molar-refractivity contribution < 1.29 is 4.79 Å². The molecule has 0 aromatic rings. The first-order valence-corrected chi connectivity index (χ1v) is 5.45. The van der Waals surface area contributed by atoms with Crippen LogP contribution >= 0.6 is 0 Å². The molecule has 0 N–H and O–H groups in total. The van der Waals surface area contributed by atoms with Crippen LogP contribution in [0.1, 0.15) is 33.6 Å². The number of carbonyl (C=O) groups excluding carboxylic acids is 1. The van der Waals surface area contributed by atoms with Gasteiger partial charge in [0, 0.05) is 19.0 Å². The van der Waals surface area contributed by atoms with Crippen molar-refractivity contribution in [1.82, 2.24) is 4.90 Å². The normalized spacial score (nSPS) is 23.2. The number of allylic oxidation sites excluding steroid dienone is 1. The molecule has 1 fully saturated rings. The molecule has 0 aliphatic carbocycles. The van der Waals surface area contributed by atoms with E-state index in [1.807, 2.05) is 0 Å². The lowest BCUT2D eigenvalue weighted by atomic mass is 9.94. The van der Waals surface area contributed by atoms with Gasteiger partial charge in [-0.25, -0.2) is 0 Å². The molecule has 2 heteroatoms. The number of rotatable bonds is 3. The molecule has 0 saturated carbocycles. The van der Waals surface area contributed by atoms with Crippen LogP contribution in [0.2, 0.25) is 0 Å². The topological polar surface area (TPSA) is 20.3 Å². The van der Waals surface area contributed by atoms with Crippen molar-refractivity contribution in [1.29, 1.82) is 0 Å². The molecule has 0 spiro atoms. The predicted molar refractivity (Wildman–Crippen MR) is 59.3 cm³/mol. The molecule has 2 nitrogen and oxygen atoms in total. The third-order valence-electron chi connectivity index (χ3n) is 2.84. The van der Waals surface area contributed by atoms with E-state index in [0.29, 0.717) is 5.78 Å². The van der Waals surface area contributed by atoms with Crippen molar-refractivity contribution in [2.75, 3.05) is 19.6 Å². The summed E-state index contributed by atoms with van der Waals surface area (Å²) in [6.45, 7) is 9.06. The van der Waals surface area contributed by atoms with Gasteiger partial charge in [0.1, 0.15) is 5.78 Å². The lowest BCUT2D eigenvalue weighted by molar-refractivity contribution is -0.122. The second-order valence-electron chi connectivity index (χ2n) is 4.49. The molecule has 1 saturated heterocycles. The number of likely N-dealkylation sites (tertiary alicyclic amines) is 1. The third-order valence-corrected chi connectivity index (χ3v) is 2.84. The molecule has 1 aliphatic rings. The molecule has 0 radical (unpaired) electrons. The van der Waals surface area contributed by atoms with Gasteiger partial charge >= 0.3 is 0 Å². The van der Waals surface area contributed by atoms with Crippen LogP contribution in [0.4, 0.5) is 0 Å². The largest absolute Gasteiger partial charge is 0.300 e. The summed E-state index contributed by atoms with van der Waals surface area (Å²) in [6, 6.07) is 0. The first-order chi connectivity index (χ1) is 6.59. The van der Waals surface area contributed by atoms with Gasteiger partial charge in [-0.05, 0) is 40.2 Å². The predicted octanol–water partition coefficient (Wildman–Crippen LogP) is 2.25. The maximum absolute atomic E-state index is 11.2. The Morgan fingerprint density at radius 3 is 2.71 bits per heavy atom. The first kappa shape index (κ1) is 11.4. The van der Waals surface area contributed by atoms with E-state index < -0.39 is 0 Å². The smallest absolute Gasteiger partial charge is 0.134 e. The van der Waals surface area contributed by atoms with Crippen molar-refractivity contribution in [2.45, 2.75) is 33.6 Å². The fourth-order valence-electron chi connectivity index (χ4n) is 1.86. The van der Waals surface area contributed by atoms with E-state index in [1.165, 1.54) is 12.0 Å². The molecule has 1 atom stereocenters. The van der Waals surface area contributed by atoms with Gasteiger partial charge in [-0.1, -0.05) is 11.6 Å². The summed E-state index contributed by atoms with van der Waals surface area (Å²) in [4.78, 5) is 13.6. The number of hydrogen-bond donors (Lipinski definition) is 0. The molecule has 1 heterocycles. The second-order valence-corrected chi connectivity index (χ2v) is 4.49. The highest BCUT2D eigenvalue weighted by Gasteiger charge is 2.21. The van der Waals surface area contributed by atoms with Gasteiger partial charge in [0.15, 0.2) is 0 Å². The van der Waals surface area contributed by atoms with Gasteiger partial charge in [-0.2, -0.15) is 0 Å². The average molecular weight is 195 g/mol. The van der Waals surface area contributed by atoms with Crippen molar-refractivity contribution >= 4 is 5.78 Å². The number of ketones is 1. The molecule has 1 aliphatic heterocycles. The monoisotopic (exact) mass is 195 g/mol. The van der Waals surface area contributed by atoms with Gasteiger partial charge in [0.05, 0.1) is 0 Å². The van der Waals surface area contributed by atoms with Gasteiger partial charge in [-0.3, -0.25) is 9.69 Å². The fourth-order valence-corrected chi connectivity index (χ4v) is 1.86. The first-order valence-electron chi connectivity index (χ1n) is 5.45. The third kappa shape index (κ3) is 3.62. The minimum atomic E-state index is 0.286. The van der Waals surface area contributed by atoms with Crippen LogP contribution in [0.25, 0.3) is 0 Å². The van der Waals surface area contributed by atoms with E-state index in [4.69, 9.17) is 0 Å². The highest BCUT2D eigenvalue weighted by molar-refractivity contribution is 5.78. The van der Waals surface area contributed by atoms with Gasteiger partial charge in [0.2, 0.25) is 0 Å². The van der Waals surface area contributed by atoms with Crippen molar-refractivity contribution in [3.8, 4) is 0 Å². The highest BCUT2D eigenvalue weighted by atomic mass is 16.1. The lowest BCUT2D eigenvalue weighted by Gasteiger charge is -2.30. The maximum atomic E-state index is 11.2. The molecule has 0 aromatic carbocycles. The molecule has 1 rings (SSSR count). The zero-order valence-corrected chi connectivity index (χ0v) is 9.55. The molecule has 0 amide bonds.